The minimum absolute atomic E-state index is 0.0511. The molecular weight excluding hydrogens is 307 g/mol. The van der Waals surface area contributed by atoms with Crippen molar-refractivity contribution in [3.8, 4) is 0 Å². The second-order valence-electron chi connectivity index (χ2n) is 6.40. The van der Waals surface area contributed by atoms with E-state index < -0.39 is 0 Å². The monoisotopic (exact) mass is 336 g/mol. The van der Waals surface area contributed by atoms with Crippen LogP contribution in [-0.4, -0.2) is 49.7 Å². The van der Waals surface area contributed by atoms with Gasteiger partial charge in [0.2, 0.25) is 5.91 Å². The summed E-state index contributed by atoms with van der Waals surface area (Å²) < 4.78 is 18.7. The smallest absolute Gasteiger partial charge is 0.224 e. The van der Waals surface area contributed by atoms with Crippen LogP contribution in [0.1, 0.15) is 32.3 Å². The number of carbonyl (C=O) groups is 1. The zero-order valence-corrected chi connectivity index (χ0v) is 14.8. The fourth-order valence-electron chi connectivity index (χ4n) is 3.45. The Balaban J connectivity index is 1.92. The number of carbonyl (C=O) groups excluding carboxylic acids is 1. The molecule has 0 saturated carbocycles. The van der Waals surface area contributed by atoms with E-state index in [-0.39, 0.29) is 18.1 Å². The van der Waals surface area contributed by atoms with Crippen LogP contribution < -0.4 is 5.32 Å². The number of amides is 1. The van der Waals surface area contributed by atoms with E-state index in [1.165, 1.54) is 12.1 Å². The SMILES string of the molecule is CCC(CC)C(CNC(=O)Cc1cccc(F)c1)N1CCOCC1. The van der Waals surface area contributed by atoms with Gasteiger partial charge >= 0.3 is 0 Å². The first-order valence-electron chi connectivity index (χ1n) is 8.97. The lowest BCUT2D eigenvalue weighted by atomic mass is 9.92. The first-order chi connectivity index (χ1) is 11.6. The van der Waals surface area contributed by atoms with Gasteiger partial charge in [-0.15, -0.1) is 0 Å². The molecule has 0 spiro atoms. The molecule has 5 heteroatoms. The summed E-state index contributed by atoms with van der Waals surface area (Å²) in [5.41, 5.74) is 0.706. The number of halogens is 1. The van der Waals surface area contributed by atoms with Crippen LogP contribution >= 0.6 is 0 Å². The van der Waals surface area contributed by atoms with Crippen molar-refractivity contribution in [1.82, 2.24) is 10.2 Å². The maximum Gasteiger partial charge on any atom is 0.224 e. The van der Waals surface area contributed by atoms with Crippen LogP contribution in [0.15, 0.2) is 24.3 Å². The van der Waals surface area contributed by atoms with Crippen molar-refractivity contribution in [2.24, 2.45) is 5.92 Å². The summed E-state index contributed by atoms with van der Waals surface area (Å²) >= 11 is 0. The van der Waals surface area contributed by atoms with E-state index in [4.69, 9.17) is 4.74 Å². The van der Waals surface area contributed by atoms with Crippen molar-refractivity contribution < 1.29 is 13.9 Å². The number of morpholine rings is 1. The van der Waals surface area contributed by atoms with Crippen molar-refractivity contribution >= 4 is 5.91 Å². The highest BCUT2D eigenvalue weighted by atomic mass is 19.1. The van der Waals surface area contributed by atoms with Crippen LogP contribution in [0.4, 0.5) is 4.39 Å². The van der Waals surface area contributed by atoms with Gasteiger partial charge in [0.25, 0.3) is 0 Å². The number of rotatable bonds is 8. The third-order valence-corrected chi connectivity index (χ3v) is 4.87. The van der Waals surface area contributed by atoms with E-state index in [1.54, 1.807) is 12.1 Å². The summed E-state index contributed by atoms with van der Waals surface area (Å²) in [4.78, 5) is 14.7. The Morgan fingerprint density at radius 2 is 2.00 bits per heavy atom. The highest BCUT2D eigenvalue weighted by Gasteiger charge is 2.27. The van der Waals surface area contributed by atoms with E-state index in [2.05, 4.69) is 24.1 Å². The summed E-state index contributed by atoms with van der Waals surface area (Å²) in [7, 11) is 0. The fourth-order valence-corrected chi connectivity index (χ4v) is 3.45. The van der Waals surface area contributed by atoms with Gasteiger partial charge in [-0.1, -0.05) is 38.8 Å². The molecule has 4 nitrogen and oxygen atoms in total. The van der Waals surface area contributed by atoms with E-state index in [0.29, 0.717) is 24.1 Å². The molecule has 1 amide bonds. The number of hydrogen-bond donors (Lipinski definition) is 1. The van der Waals surface area contributed by atoms with Crippen LogP contribution in [0.2, 0.25) is 0 Å². The predicted molar refractivity (Wildman–Crippen MR) is 93.4 cm³/mol. The van der Waals surface area contributed by atoms with Crippen LogP contribution in [0.3, 0.4) is 0 Å². The largest absolute Gasteiger partial charge is 0.379 e. The Bertz CT molecular complexity index is 514. The molecule has 1 N–H and O–H groups in total. The van der Waals surface area contributed by atoms with Crippen molar-refractivity contribution in [3.63, 3.8) is 0 Å². The van der Waals surface area contributed by atoms with Gasteiger partial charge < -0.3 is 10.1 Å². The molecule has 1 aliphatic heterocycles. The molecule has 1 aromatic carbocycles. The predicted octanol–water partition coefficient (Wildman–Crippen LogP) is 2.62. The molecule has 0 aromatic heterocycles. The molecule has 1 heterocycles. The molecule has 1 aromatic rings. The Kier molecular flexibility index (Phi) is 7.66. The Morgan fingerprint density at radius 3 is 2.62 bits per heavy atom. The highest BCUT2D eigenvalue weighted by molar-refractivity contribution is 5.78. The molecular formula is C19H29FN2O2. The lowest BCUT2D eigenvalue weighted by Crippen LogP contribution is -2.52. The molecule has 1 atom stereocenters. The molecule has 1 saturated heterocycles. The zero-order chi connectivity index (χ0) is 17.4. The standard InChI is InChI=1S/C19H29FN2O2/c1-3-16(4-2)18(22-8-10-24-11-9-22)14-21-19(23)13-15-6-5-7-17(20)12-15/h5-7,12,16,18H,3-4,8-11,13-14H2,1-2H3,(H,21,23). The van der Waals surface area contributed by atoms with Crippen LogP contribution in [-0.2, 0) is 16.0 Å². The average Bonchev–Trinajstić information content (AvgIpc) is 2.59. The molecule has 0 radical (unpaired) electrons. The second-order valence-corrected chi connectivity index (χ2v) is 6.40. The molecule has 2 rings (SSSR count). The first-order valence-corrected chi connectivity index (χ1v) is 8.97. The molecule has 24 heavy (non-hydrogen) atoms. The third kappa shape index (κ3) is 5.56. The molecule has 1 fully saturated rings. The molecule has 1 aliphatic rings. The van der Waals surface area contributed by atoms with Crippen molar-refractivity contribution in [2.45, 2.75) is 39.2 Å². The van der Waals surface area contributed by atoms with E-state index in [0.717, 1.165) is 39.1 Å². The number of hydrogen-bond acceptors (Lipinski definition) is 3. The quantitative estimate of drug-likeness (QED) is 0.793. The minimum atomic E-state index is -0.302. The highest BCUT2D eigenvalue weighted by Crippen LogP contribution is 2.19. The summed E-state index contributed by atoms with van der Waals surface area (Å²) in [6.07, 6.45) is 2.41. The van der Waals surface area contributed by atoms with Gasteiger partial charge in [0.05, 0.1) is 19.6 Å². The fraction of sp³-hybridized carbons (Fsp3) is 0.632. The lowest BCUT2D eigenvalue weighted by Gasteiger charge is -2.38. The Labute approximate surface area is 144 Å². The number of nitrogens with zero attached hydrogens (tertiary/aromatic N) is 1. The van der Waals surface area contributed by atoms with Gasteiger partial charge in [-0.2, -0.15) is 0 Å². The number of ether oxygens (including phenoxy) is 1. The summed E-state index contributed by atoms with van der Waals surface area (Å²) in [6.45, 7) is 8.40. The van der Waals surface area contributed by atoms with Crippen molar-refractivity contribution in [1.29, 1.82) is 0 Å². The van der Waals surface area contributed by atoms with Crippen LogP contribution in [0.25, 0.3) is 0 Å². The van der Waals surface area contributed by atoms with E-state index in [1.807, 2.05) is 0 Å². The van der Waals surface area contributed by atoms with E-state index >= 15 is 0 Å². The second kappa shape index (κ2) is 9.74. The minimum Gasteiger partial charge on any atom is -0.379 e. The zero-order valence-electron chi connectivity index (χ0n) is 14.8. The topological polar surface area (TPSA) is 41.6 Å². The van der Waals surface area contributed by atoms with Gasteiger partial charge in [-0.25, -0.2) is 4.39 Å². The van der Waals surface area contributed by atoms with Gasteiger partial charge in [0.15, 0.2) is 0 Å². The maximum absolute atomic E-state index is 13.2. The Morgan fingerprint density at radius 1 is 1.29 bits per heavy atom. The van der Waals surface area contributed by atoms with Crippen LogP contribution in [0.5, 0.6) is 0 Å². The van der Waals surface area contributed by atoms with Gasteiger partial charge in [-0.05, 0) is 23.6 Å². The summed E-state index contributed by atoms with van der Waals surface area (Å²) in [5, 5.41) is 3.05. The lowest BCUT2D eigenvalue weighted by molar-refractivity contribution is -0.121. The Hall–Kier alpha value is -1.46. The first kappa shape index (κ1) is 18.9. The van der Waals surface area contributed by atoms with Crippen LogP contribution in [0, 0.1) is 11.7 Å². The maximum atomic E-state index is 13.2. The molecule has 1 unspecified atom stereocenters. The number of benzene rings is 1. The molecule has 0 aliphatic carbocycles. The third-order valence-electron chi connectivity index (χ3n) is 4.87. The molecule has 134 valence electrons. The van der Waals surface area contributed by atoms with E-state index in [9.17, 15) is 9.18 Å². The normalized spacial score (nSPS) is 17.0. The number of nitrogens with one attached hydrogen (secondary N) is 1. The van der Waals surface area contributed by atoms with Gasteiger partial charge in [0, 0.05) is 25.7 Å². The molecule has 0 bridgehead atoms. The van der Waals surface area contributed by atoms with Gasteiger partial charge in [0.1, 0.15) is 5.82 Å². The van der Waals surface area contributed by atoms with Crippen molar-refractivity contribution in [2.75, 3.05) is 32.8 Å². The summed E-state index contributed by atoms with van der Waals surface area (Å²) in [6, 6.07) is 6.56. The van der Waals surface area contributed by atoms with Crippen molar-refractivity contribution in [3.05, 3.63) is 35.6 Å². The summed E-state index contributed by atoms with van der Waals surface area (Å²) in [5.74, 6) is 0.200. The van der Waals surface area contributed by atoms with Gasteiger partial charge in [-0.3, -0.25) is 9.69 Å². The average molecular weight is 336 g/mol.